The number of aliphatic carboxylic acids is 1. The Kier molecular flexibility index (Phi) is 3.52. The molecule has 0 fully saturated rings. The smallest absolute Gasteiger partial charge is 0.363 e. The zero-order valence-corrected chi connectivity index (χ0v) is 10.4. The minimum atomic E-state index is -4.22. The third kappa shape index (κ3) is 2.74. The number of hydrogen-bond acceptors (Lipinski definition) is 5. The summed E-state index contributed by atoms with van der Waals surface area (Å²) in [5, 5.41) is 9.03. The number of carbonyl (C=O) groups is 1. The van der Waals surface area contributed by atoms with Crippen molar-refractivity contribution in [2.45, 2.75) is 5.44 Å². The summed E-state index contributed by atoms with van der Waals surface area (Å²) in [6, 6.07) is 7.86. The third-order valence-corrected chi connectivity index (χ3v) is 3.88. The van der Waals surface area contributed by atoms with Crippen molar-refractivity contribution in [1.29, 1.82) is 0 Å². The number of para-hydroxylation sites is 1. The molecule has 0 aliphatic heterocycles. The Morgan fingerprint density at radius 1 is 1.32 bits per heavy atom. The van der Waals surface area contributed by atoms with Crippen molar-refractivity contribution >= 4 is 16.0 Å². The molecule has 0 saturated heterocycles. The van der Waals surface area contributed by atoms with Gasteiger partial charge in [0.05, 0.1) is 0 Å². The number of carboxylic acids is 1. The molecule has 8 heteroatoms. The van der Waals surface area contributed by atoms with Crippen LogP contribution in [0.4, 0.5) is 0 Å². The van der Waals surface area contributed by atoms with E-state index in [0.717, 1.165) is 12.5 Å². The van der Waals surface area contributed by atoms with E-state index in [4.69, 9.17) is 9.84 Å². The van der Waals surface area contributed by atoms with E-state index in [-0.39, 0.29) is 5.75 Å². The van der Waals surface area contributed by atoms with Crippen LogP contribution in [0.5, 0.6) is 5.75 Å². The first-order chi connectivity index (χ1) is 9.01. The summed E-state index contributed by atoms with van der Waals surface area (Å²) in [4.78, 5) is 14.7. The molecule has 2 rings (SSSR count). The lowest BCUT2D eigenvalue weighted by molar-refractivity contribution is -0.141. The molecule has 0 bridgehead atoms. The van der Waals surface area contributed by atoms with Gasteiger partial charge in [-0.05, 0) is 12.1 Å². The quantitative estimate of drug-likeness (QED) is 0.860. The molecule has 1 atom stereocenters. The molecule has 1 unspecified atom stereocenters. The Morgan fingerprint density at radius 3 is 2.53 bits per heavy atom. The van der Waals surface area contributed by atoms with Gasteiger partial charge in [-0.2, -0.15) is 0 Å². The van der Waals surface area contributed by atoms with E-state index < -0.39 is 21.4 Å². The van der Waals surface area contributed by atoms with E-state index in [1.807, 2.05) is 0 Å². The Balaban J connectivity index is 2.34. The monoisotopic (exact) mass is 282 g/mol. The second-order valence-electron chi connectivity index (χ2n) is 3.54. The Morgan fingerprint density at radius 2 is 2.00 bits per heavy atom. The molecule has 0 saturated carbocycles. The van der Waals surface area contributed by atoms with Crippen LogP contribution in [-0.4, -0.2) is 33.9 Å². The number of nitrogens with zero attached hydrogens (tertiary/aromatic N) is 2. The molecule has 0 spiro atoms. The molecule has 0 aliphatic carbocycles. The maximum atomic E-state index is 12.1. The molecule has 1 N–H and O–H groups in total. The summed E-state index contributed by atoms with van der Waals surface area (Å²) in [5.74, 6) is -1.45. The maximum Gasteiger partial charge on any atom is 0.363 e. The number of benzene rings is 1. The van der Waals surface area contributed by atoms with Gasteiger partial charge in [-0.25, -0.2) is 22.2 Å². The van der Waals surface area contributed by atoms with Crippen molar-refractivity contribution < 1.29 is 23.1 Å². The zero-order valence-electron chi connectivity index (χ0n) is 9.58. The number of ether oxygens (including phenoxy) is 1. The number of hydrogen-bond donors (Lipinski definition) is 1. The molecule has 1 heterocycles. The van der Waals surface area contributed by atoms with E-state index in [1.54, 1.807) is 18.2 Å². The Labute approximate surface area is 109 Å². The highest BCUT2D eigenvalue weighted by molar-refractivity contribution is 7.91. The molecule has 100 valence electrons. The third-order valence-electron chi connectivity index (χ3n) is 2.23. The van der Waals surface area contributed by atoms with Crippen molar-refractivity contribution in [2.24, 2.45) is 0 Å². The first-order valence-corrected chi connectivity index (χ1v) is 6.69. The standard InChI is InChI=1S/C11H10N2O5S/c14-10(15)11(18-9-4-2-1-3-5-9)19(16,17)13-7-6-12-8-13/h1-8,11H,(H,14,15). The van der Waals surface area contributed by atoms with Crippen LogP contribution >= 0.6 is 0 Å². The summed E-state index contributed by atoms with van der Waals surface area (Å²) in [6.07, 6.45) is 3.37. The van der Waals surface area contributed by atoms with Crippen LogP contribution in [0.1, 0.15) is 0 Å². The van der Waals surface area contributed by atoms with Gasteiger partial charge in [0.1, 0.15) is 12.1 Å². The highest BCUT2D eigenvalue weighted by Gasteiger charge is 2.36. The molecule has 2 aromatic rings. The molecule has 7 nitrogen and oxygen atoms in total. The summed E-state index contributed by atoms with van der Waals surface area (Å²) >= 11 is 0. The lowest BCUT2D eigenvalue weighted by Crippen LogP contribution is -2.38. The topological polar surface area (TPSA) is 98.5 Å². The average molecular weight is 282 g/mol. The van der Waals surface area contributed by atoms with Gasteiger partial charge in [0, 0.05) is 12.4 Å². The van der Waals surface area contributed by atoms with Gasteiger partial charge in [0.2, 0.25) is 0 Å². The summed E-state index contributed by atoms with van der Waals surface area (Å²) in [5.41, 5.74) is -2.04. The van der Waals surface area contributed by atoms with Crippen LogP contribution < -0.4 is 4.74 Å². The van der Waals surface area contributed by atoms with Gasteiger partial charge in [-0.3, -0.25) is 0 Å². The molecule has 1 aromatic heterocycles. The zero-order chi connectivity index (χ0) is 13.9. The molecule has 0 aliphatic rings. The average Bonchev–Trinajstić information content (AvgIpc) is 2.91. The van der Waals surface area contributed by atoms with Crippen molar-refractivity contribution in [2.75, 3.05) is 0 Å². The first kappa shape index (κ1) is 13.1. The van der Waals surface area contributed by atoms with Crippen LogP contribution in [0, 0.1) is 0 Å². The van der Waals surface area contributed by atoms with Gasteiger partial charge in [-0.15, -0.1) is 0 Å². The molecular formula is C11H10N2O5S. The van der Waals surface area contributed by atoms with Gasteiger partial charge in [-0.1, -0.05) is 18.2 Å². The highest BCUT2D eigenvalue weighted by Crippen LogP contribution is 2.15. The van der Waals surface area contributed by atoms with Gasteiger partial charge in [0.25, 0.3) is 10.0 Å². The van der Waals surface area contributed by atoms with E-state index >= 15 is 0 Å². The Hall–Kier alpha value is -2.35. The number of imidazole rings is 1. The van der Waals surface area contributed by atoms with E-state index in [1.165, 1.54) is 18.3 Å². The summed E-state index contributed by atoms with van der Waals surface area (Å²) in [6.45, 7) is 0. The van der Waals surface area contributed by atoms with Crippen molar-refractivity contribution in [1.82, 2.24) is 8.96 Å². The predicted molar refractivity (Wildman–Crippen MR) is 65.0 cm³/mol. The molecule has 1 aromatic carbocycles. The summed E-state index contributed by atoms with van der Waals surface area (Å²) in [7, 11) is -4.22. The van der Waals surface area contributed by atoms with Gasteiger partial charge >= 0.3 is 11.4 Å². The van der Waals surface area contributed by atoms with Crippen LogP contribution in [0.15, 0.2) is 49.1 Å². The van der Waals surface area contributed by atoms with Gasteiger partial charge < -0.3 is 9.84 Å². The largest absolute Gasteiger partial charge is 0.478 e. The summed E-state index contributed by atoms with van der Waals surface area (Å²) < 4.78 is 29.8. The van der Waals surface area contributed by atoms with Crippen molar-refractivity contribution in [3.8, 4) is 5.75 Å². The normalized spacial score (nSPS) is 12.8. The SMILES string of the molecule is O=C(O)C(Oc1ccccc1)S(=O)(=O)n1ccnc1. The second kappa shape index (κ2) is 5.11. The van der Waals surface area contributed by atoms with Crippen LogP contribution in [-0.2, 0) is 14.8 Å². The minimum Gasteiger partial charge on any atom is -0.478 e. The molecule has 0 amide bonds. The van der Waals surface area contributed by atoms with E-state index in [2.05, 4.69) is 4.98 Å². The lowest BCUT2D eigenvalue weighted by Gasteiger charge is -2.15. The second-order valence-corrected chi connectivity index (χ2v) is 5.42. The fourth-order valence-electron chi connectivity index (χ4n) is 1.37. The van der Waals surface area contributed by atoms with E-state index in [0.29, 0.717) is 3.97 Å². The molecule has 0 radical (unpaired) electrons. The fourth-order valence-corrected chi connectivity index (χ4v) is 2.49. The first-order valence-electron chi connectivity index (χ1n) is 5.18. The molecular weight excluding hydrogens is 272 g/mol. The highest BCUT2D eigenvalue weighted by atomic mass is 32.2. The van der Waals surface area contributed by atoms with Crippen molar-refractivity contribution in [3.63, 3.8) is 0 Å². The van der Waals surface area contributed by atoms with Gasteiger partial charge in [0.15, 0.2) is 0 Å². The minimum absolute atomic E-state index is 0.151. The maximum absolute atomic E-state index is 12.1. The van der Waals surface area contributed by atoms with Crippen LogP contribution in [0.2, 0.25) is 0 Å². The lowest BCUT2D eigenvalue weighted by atomic mass is 10.3. The number of carboxylic acid groups (broad SMARTS) is 1. The number of rotatable bonds is 5. The molecule has 19 heavy (non-hydrogen) atoms. The number of aromatic nitrogens is 2. The van der Waals surface area contributed by atoms with Crippen LogP contribution in [0.3, 0.4) is 0 Å². The van der Waals surface area contributed by atoms with Crippen LogP contribution in [0.25, 0.3) is 0 Å². The van der Waals surface area contributed by atoms with E-state index in [9.17, 15) is 13.2 Å². The predicted octanol–water partition coefficient (Wildman–Crippen LogP) is 0.551. The Bertz CT molecular complexity index is 652. The fraction of sp³-hybridized carbons (Fsp3) is 0.0909. The van der Waals surface area contributed by atoms with Crippen molar-refractivity contribution in [3.05, 3.63) is 49.1 Å².